The Balaban J connectivity index is 1.48. The third-order valence-electron chi connectivity index (χ3n) is 5.98. The third-order valence-corrected chi connectivity index (χ3v) is 7.07. The van der Waals surface area contributed by atoms with Crippen LogP contribution in [0.2, 0.25) is 0 Å². The summed E-state index contributed by atoms with van der Waals surface area (Å²) in [5, 5.41) is 9.93. The van der Waals surface area contributed by atoms with Crippen molar-refractivity contribution in [3.05, 3.63) is 70.9 Å². The maximum absolute atomic E-state index is 14.2. The molecule has 2 heterocycles. The van der Waals surface area contributed by atoms with Gasteiger partial charge in [0.25, 0.3) is 0 Å². The van der Waals surface area contributed by atoms with E-state index in [4.69, 9.17) is 5.11 Å². The number of aromatic nitrogens is 1. The van der Waals surface area contributed by atoms with Gasteiger partial charge >= 0.3 is 5.97 Å². The molecular formula is C25H27F2N3O2S. The monoisotopic (exact) mass is 471 g/mol. The van der Waals surface area contributed by atoms with Gasteiger partial charge in [-0.1, -0.05) is 35.1 Å². The number of carboxylic acids is 1. The molecular weight excluding hydrogens is 444 g/mol. The SMILES string of the molecule is Cc1cc(CC(=O)O)cc(CN2[C@H](C)CN(c3ncc(-c4cc(F)ccc4F)s3)C[C@@H]2C)c1. The number of carboxylic acid groups (broad SMARTS) is 1. The number of hydrogen-bond donors (Lipinski definition) is 1. The third kappa shape index (κ3) is 5.39. The smallest absolute Gasteiger partial charge is 0.307 e. The van der Waals surface area contributed by atoms with Crippen molar-refractivity contribution in [1.29, 1.82) is 0 Å². The lowest BCUT2D eigenvalue weighted by atomic mass is 10.0. The van der Waals surface area contributed by atoms with Gasteiger partial charge in [-0.15, -0.1) is 0 Å². The van der Waals surface area contributed by atoms with E-state index >= 15 is 0 Å². The van der Waals surface area contributed by atoms with Gasteiger partial charge in [-0.25, -0.2) is 13.8 Å². The number of nitrogens with zero attached hydrogens (tertiary/aromatic N) is 3. The van der Waals surface area contributed by atoms with Gasteiger partial charge in [0.15, 0.2) is 5.13 Å². The van der Waals surface area contributed by atoms with E-state index < -0.39 is 17.6 Å². The average molecular weight is 472 g/mol. The van der Waals surface area contributed by atoms with Crippen molar-refractivity contribution in [2.75, 3.05) is 18.0 Å². The fourth-order valence-corrected chi connectivity index (χ4v) is 5.53. The van der Waals surface area contributed by atoms with E-state index in [1.54, 1.807) is 6.20 Å². The molecule has 0 spiro atoms. The van der Waals surface area contributed by atoms with Crippen molar-refractivity contribution in [2.45, 2.75) is 45.8 Å². The molecule has 0 radical (unpaired) electrons. The summed E-state index contributed by atoms with van der Waals surface area (Å²) in [5.41, 5.74) is 3.21. The van der Waals surface area contributed by atoms with Crippen LogP contribution in [0.3, 0.4) is 0 Å². The van der Waals surface area contributed by atoms with Crippen molar-refractivity contribution in [1.82, 2.24) is 9.88 Å². The molecule has 1 aliphatic heterocycles. The number of anilines is 1. The summed E-state index contributed by atoms with van der Waals surface area (Å²) in [5.74, 6) is -1.76. The molecule has 3 aromatic rings. The van der Waals surface area contributed by atoms with Gasteiger partial charge in [0.05, 0.1) is 11.3 Å². The first-order valence-corrected chi connectivity index (χ1v) is 11.7. The molecule has 0 amide bonds. The van der Waals surface area contributed by atoms with Crippen LogP contribution in [0.15, 0.2) is 42.6 Å². The van der Waals surface area contributed by atoms with Crippen LogP contribution in [0, 0.1) is 18.6 Å². The van der Waals surface area contributed by atoms with Crippen molar-refractivity contribution in [2.24, 2.45) is 0 Å². The van der Waals surface area contributed by atoms with Crippen LogP contribution in [0.1, 0.15) is 30.5 Å². The molecule has 2 atom stereocenters. The summed E-state index contributed by atoms with van der Waals surface area (Å²) in [6, 6.07) is 9.93. The standard InChI is InChI=1S/C25H27F2N3O2S/c1-15-6-18(9-24(31)32)8-19(7-15)14-30-16(2)12-29(13-17(30)3)25-28-11-23(33-25)21-10-20(26)4-5-22(21)27/h4-8,10-11,16-17H,9,12-14H2,1-3H3,(H,31,32)/t16-,17+. The van der Waals surface area contributed by atoms with Gasteiger partial charge in [0.2, 0.25) is 0 Å². The lowest BCUT2D eigenvalue weighted by molar-refractivity contribution is -0.136. The van der Waals surface area contributed by atoms with Gasteiger partial charge in [-0.05, 0) is 50.1 Å². The van der Waals surface area contributed by atoms with Gasteiger partial charge in [-0.2, -0.15) is 0 Å². The Morgan fingerprint density at radius 3 is 2.52 bits per heavy atom. The lowest BCUT2D eigenvalue weighted by Gasteiger charge is -2.44. The fraction of sp³-hybridized carbons (Fsp3) is 0.360. The summed E-state index contributed by atoms with van der Waals surface area (Å²) in [7, 11) is 0. The van der Waals surface area contributed by atoms with Crippen molar-refractivity contribution in [3.8, 4) is 10.4 Å². The molecule has 1 saturated heterocycles. The summed E-state index contributed by atoms with van der Waals surface area (Å²) in [6.07, 6.45) is 1.63. The number of aryl methyl sites for hydroxylation is 1. The minimum absolute atomic E-state index is 0.0197. The Labute approximate surface area is 196 Å². The topological polar surface area (TPSA) is 56.7 Å². The summed E-state index contributed by atoms with van der Waals surface area (Å²) in [4.78, 5) is 20.8. The molecule has 0 unspecified atom stereocenters. The number of halogens is 2. The molecule has 0 aliphatic carbocycles. The number of hydrogen-bond acceptors (Lipinski definition) is 5. The zero-order chi connectivity index (χ0) is 23.7. The maximum Gasteiger partial charge on any atom is 0.307 e. The highest BCUT2D eigenvalue weighted by Gasteiger charge is 2.31. The molecule has 0 saturated carbocycles. The van der Waals surface area contributed by atoms with E-state index in [-0.39, 0.29) is 24.1 Å². The zero-order valence-electron chi connectivity index (χ0n) is 18.9. The second-order valence-electron chi connectivity index (χ2n) is 8.80. The van der Waals surface area contributed by atoms with Crippen LogP contribution in [0.4, 0.5) is 13.9 Å². The van der Waals surface area contributed by atoms with E-state index in [9.17, 15) is 13.6 Å². The number of piperazine rings is 1. The summed E-state index contributed by atoms with van der Waals surface area (Å²) >= 11 is 1.37. The Hall–Kier alpha value is -2.84. The number of rotatable bonds is 6. The lowest BCUT2D eigenvalue weighted by Crippen LogP contribution is -2.56. The molecule has 174 valence electrons. The van der Waals surface area contributed by atoms with E-state index in [0.717, 1.165) is 53.6 Å². The largest absolute Gasteiger partial charge is 0.481 e. The number of thiazole rings is 1. The highest BCUT2D eigenvalue weighted by molar-refractivity contribution is 7.18. The Morgan fingerprint density at radius 2 is 1.82 bits per heavy atom. The van der Waals surface area contributed by atoms with Crippen molar-refractivity contribution < 1.29 is 18.7 Å². The second kappa shape index (κ2) is 9.57. The van der Waals surface area contributed by atoms with Crippen LogP contribution in [-0.4, -0.2) is 46.1 Å². The molecule has 1 aromatic heterocycles. The molecule has 1 fully saturated rings. The molecule has 1 aliphatic rings. The average Bonchev–Trinajstić information content (AvgIpc) is 3.21. The highest BCUT2D eigenvalue weighted by Crippen LogP contribution is 2.34. The number of carbonyl (C=O) groups is 1. The Bertz CT molecular complexity index is 1150. The van der Waals surface area contributed by atoms with E-state index in [0.29, 0.717) is 4.88 Å². The van der Waals surface area contributed by atoms with Gasteiger partial charge in [0, 0.05) is 43.5 Å². The van der Waals surface area contributed by atoms with Gasteiger partial charge in [-0.3, -0.25) is 9.69 Å². The van der Waals surface area contributed by atoms with E-state index in [1.807, 2.05) is 19.1 Å². The van der Waals surface area contributed by atoms with Crippen LogP contribution in [-0.2, 0) is 17.8 Å². The summed E-state index contributed by atoms with van der Waals surface area (Å²) < 4.78 is 27.8. The van der Waals surface area contributed by atoms with Crippen LogP contribution >= 0.6 is 11.3 Å². The zero-order valence-corrected chi connectivity index (χ0v) is 19.7. The summed E-state index contributed by atoms with van der Waals surface area (Å²) in [6.45, 7) is 8.57. The number of benzene rings is 2. The second-order valence-corrected chi connectivity index (χ2v) is 9.81. The molecule has 33 heavy (non-hydrogen) atoms. The highest BCUT2D eigenvalue weighted by atomic mass is 32.1. The predicted molar refractivity (Wildman–Crippen MR) is 127 cm³/mol. The predicted octanol–water partition coefficient (Wildman–Crippen LogP) is 5.12. The van der Waals surface area contributed by atoms with Crippen molar-refractivity contribution >= 4 is 22.4 Å². The van der Waals surface area contributed by atoms with Crippen LogP contribution in [0.5, 0.6) is 0 Å². The molecule has 0 bridgehead atoms. The fourth-order valence-electron chi connectivity index (χ4n) is 4.57. The van der Waals surface area contributed by atoms with Gasteiger partial charge < -0.3 is 10.0 Å². The first-order valence-electron chi connectivity index (χ1n) is 10.9. The minimum Gasteiger partial charge on any atom is -0.481 e. The van der Waals surface area contributed by atoms with Gasteiger partial charge in [0.1, 0.15) is 11.6 Å². The molecule has 4 rings (SSSR count). The Kier molecular flexibility index (Phi) is 6.76. The van der Waals surface area contributed by atoms with Crippen LogP contribution < -0.4 is 4.90 Å². The van der Waals surface area contributed by atoms with E-state index in [1.165, 1.54) is 17.4 Å². The minimum atomic E-state index is -0.831. The first-order chi connectivity index (χ1) is 15.7. The molecule has 8 heteroatoms. The quantitative estimate of drug-likeness (QED) is 0.541. The molecule has 5 nitrogen and oxygen atoms in total. The molecule has 2 aromatic carbocycles. The van der Waals surface area contributed by atoms with E-state index in [2.05, 4.69) is 34.7 Å². The van der Waals surface area contributed by atoms with Crippen molar-refractivity contribution in [3.63, 3.8) is 0 Å². The Morgan fingerprint density at radius 1 is 1.12 bits per heavy atom. The van der Waals surface area contributed by atoms with Crippen LogP contribution in [0.25, 0.3) is 10.4 Å². The normalized spacial score (nSPS) is 19.1. The first kappa shape index (κ1) is 23.3. The molecule has 1 N–H and O–H groups in total. The number of aliphatic carboxylic acids is 1. The maximum atomic E-state index is 14.2.